The summed E-state index contributed by atoms with van der Waals surface area (Å²) in [5.74, 6) is 1.80. The topological polar surface area (TPSA) is 73.9 Å². The number of hydrogen-bond donors (Lipinski definition) is 1. The van der Waals surface area contributed by atoms with Crippen molar-refractivity contribution < 1.29 is 22.6 Å². The van der Waals surface area contributed by atoms with E-state index < -0.39 is 10.0 Å². The van der Waals surface area contributed by atoms with Crippen LogP contribution in [0, 0.1) is 20.8 Å². The van der Waals surface area contributed by atoms with Crippen LogP contribution in [0.15, 0.2) is 35.2 Å². The van der Waals surface area contributed by atoms with Crippen LogP contribution in [0.5, 0.6) is 17.2 Å². The smallest absolute Gasteiger partial charge is 0.240 e. The summed E-state index contributed by atoms with van der Waals surface area (Å²) < 4.78 is 44.1. The van der Waals surface area contributed by atoms with Gasteiger partial charge in [-0.3, -0.25) is 0 Å². The van der Waals surface area contributed by atoms with Crippen LogP contribution in [0.25, 0.3) is 0 Å². The molecule has 0 spiro atoms. The molecule has 0 atom stereocenters. The Kier molecular flexibility index (Phi) is 5.38. The van der Waals surface area contributed by atoms with Crippen LogP contribution in [-0.4, -0.2) is 34.8 Å². The zero-order valence-electron chi connectivity index (χ0n) is 15.2. The maximum absolute atomic E-state index is 12.4. The molecule has 0 amide bonds. The zero-order valence-corrected chi connectivity index (χ0v) is 16.0. The first kappa shape index (κ1) is 18.5. The van der Waals surface area contributed by atoms with Crippen LogP contribution in [0.1, 0.15) is 16.7 Å². The minimum absolute atomic E-state index is 0.143. The highest BCUT2D eigenvalue weighted by atomic mass is 32.2. The van der Waals surface area contributed by atoms with Crippen LogP contribution < -0.4 is 18.9 Å². The number of aryl methyl sites for hydroxylation is 3. The average molecular weight is 377 g/mol. The predicted octanol–water partition coefficient (Wildman–Crippen LogP) is 2.74. The minimum atomic E-state index is -3.64. The third-order valence-electron chi connectivity index (χ3n) is 4.07. The first-order chi connectivity index (χ1) is 12.4. The van der Waals surface area contributed by atoms with Crippen LogP contribution >= 0.6 is 0 Å². The molecule has 1 N–H and O–H groups in total. The molecule has 1 aliphatic heterocycles. The number of benzene rings is 2. The van der Waals surface area contributed by atoms with Gasteiger partial charge in [-0.05, 0) is 44.0 Å². The summed E-state index contributed by atoms with van der Waals surface area (Å²) in [7, 11) is -3.64. The molecular formula is C19H23NO5S. The maximum atomic E-state index is 12.4. The van der Waals surface area contributed by atoms with E-state index in [4.69, 9.17) is 14.2 Å². The van der Waals surface area contributed by atoms with E-state index in [2.05, 4.69) is 4.72 Å². The fourth-order valence-corrected chi connectivity index (χ4v) is 4.03. The first-order valence-electron chi connectivity index (χ1n) is 8.47. The van der Waals surface area contributed by atoms with Gasteiger partial charge < -0.3 is 14.2 Å². The number of nitrogens with one attached hydrogen (secondary N) is 1. The van der Waals surface area contributed by atoms with Gasteiger partial charge in [0.25, 0.3) is 0 Å². The molecule has 6 nitrogen and oxygen atoms in total. The number of sulfonamides is 1. The summed E-state index contributed by atoms with van der Waals surface area (Å²) in [6, 6.07) is 8.68. The van der Waals surface area contributed by atoms with Gasteiger partial charge in [-0.2, -0.15) is 0 Å². The quantitative estimate of drug-likeness (QED) is 0.784. The van der Waals surface area contributed by atoms with Crippen molar-refractivity contribution in [1.29, 1.82) is 0 Å². The third-order valence-corrected chi connectivity index (χ3v) is 5.53. The normalized spacial score (nSPS) is 13.5. The molecule has 0 aliphatic carbocycles. The monoisotopic (exact) mass is 377 g/mol. The van der Waals surface area contributed by atoms with Crippen molar-refractivity contribution >= 4 is 10.0 Å². The van der Waals surface area contributed by atoms with E-state index in [0.717, 1.165) is 16.9 Å². The van der Waals surface area contributed by atoms with E-state index >= 15 is 0 Å². The van der Waals surface area contributed by atoms with Crippen LogP contribution in [0.3, 0.4) is 0 Å². The van der Waals surface area contributed by atoms with Crippen LogP contribution in [0.4, 0.5) is 0 Å². The Hall–Kier alpha value is -2.25. The lowest BCUT2D eigenvalue weighted by molar-refractivity contribution is 0.171. The number of hydrogen-bond acceptors (Lipinski definition) is 5. The van der Waals surface area contributed by atoms with Crippen molar-refractivity contribution in [3.8, 4) is 17.2 Å². The molecule has 0 aromatic heterocycles. The molecule has 1 aliphatic rings. The van der Waals surface area contributed by atoms with E-state index in [9.17, 15) is 8.42 Å². The summed E-state index contributed by atoms with van der Waals surface area (Å²) in [5, 5.41) is 0. The molecule has 0 saturated carbocycles. The Labute approximate surface area is 154 Å². The summed E-state index contributed by atoms with van der Waals surface area (Å²) in [6.45, 7) is 7.28. The second-order valence-electron chi connectivity index (χ2n) is 6.28. The zero-order chi connectivity index (χ0) is 18.7. The van der Waals surface area contributed by atoms with E-state index in [-0.39, 0.29) is 18.0 Å². The lowest BCUT2D eigenvalue weighted by Gasteiger charge is -2.19. The van der Waals surface area contributed by atoms with Gasteiger partial charge in [0, 0.05) is 12.6 Å². The third kappa shape index (κ3) is 4.11. The molecule has 0 fully saturated rings. The van der Waals surface area contributed by atoms with Crippen molar-refractivity contribution in [1.82, 2.24) is 4.72 Å². The van der Waals surface area contributed by atoms with Gasteiger partial charge in [0.05, 0.1) is 4.90 Å². The van der Waals surface area contributed by atoms with Gasteiger partial charge in [-0.25, -0.2) is 13.1 Å². The average Bonchev–Trinajstić information content (AvgIpc) is 2.59. The van der Waals surface area contributed by atoms with Gasteiger partial charge in [0.15, 0.2) is 11.5 Å². The highest BCUT2D eigenvalue weighted by molar-refractivity contribution is 7.89. The van der Waals surface area contributed by atoms with Gasteiger partial charge in [-0.1, -0.05) is 17.7 Å². The Balaban J connectivity index is 1.61. The number of fused-ring (bicyclic) bond motifs is 1. The molecule has 0 radical (unpaired) electrons. The van der Waals surface area contributed by atoms with Gasteiger partial charge in [0.1, 0.15) is 25.6 Å². The van der Waals surface area contributed by atoms with Crippen molar-refractivity contribution in [2.75, 3.05) is 26.4 Å². The van der Waals surface area contributed by atoms with Gasteiger partial charge in [-0.15, -0.1) is 0 Å². The second kappa shape index (κ2) is 7.55. The summed E-state index contributed by atoms with van der Waals surface area (Å²) in [6.07, 6.45) is 0. The molecule has 0 bridgehead atoms. The van der Waals surface area contributed by atoms with Crippen molar-refractivity contribution in [3.63, 3.8) is 0 Å². The molecule has 7 heteroatoms. The molecule has 0 unspecified atom stereocenters. The molecule has 140 valence electrons. The molecule has 26 heavy (non-hydrogen) atoms. The maximum Gasteiger partial charge on any atom is 0.240 e. The fraction of sp³-hybridized carbons (Fsp3) is 0.368. The van der Waals surface area contributed by atoms with Crippen molar-refractivity contribution in [2.24, 2.45) is 0 Å². The highest BCUT2D eigenvalue weighted by Gasteiger charge is 2.19. The van der Waals surface area contributed by atoms with Crippen LogP contribution in [0.2, 0.25) is 0 Å². The van der Waals surface area contributed by atoms with Gasteiger partial charge in [0.2, 0.25) is 10.0 Å². The lowest BCUT2D eigenvalue weighted by Crippen LogP contribution is -2.28. The second-order valence-corrected chi connectivity index (χ2v) is 8.05. The number of rotatable bonds is 6. The lowest BCUT2D eigenvalue weighted by atomic mass is 10.1. The first-order valence-corrected chi connectivity index (χ1v) is 9.95. The van der Waals surface area contributed by atoms with E-state index in [0.29, 0.717) is 24.7 Å². The molecule has 0 saturated heterocycles. The molecule has 2 aromatic rings. The Morgan fingerprint density at radius 2 is 1.65 bits per heavy atom. The molecule has 1 heterocycles. The van der Waals surface area contributed by atoms with E-state index in [1.54, 1.807) is 6.07 Å². The highest BCUT2D eigenvalue weighted by Crippen LogP contribution is 2.32. The largest absolute Gasteiger partial charge is 0.492 e. The van der Waals surface area contributed by atoms with Crippen LogP contribution in [-0.2, 0) is 10.0 Å². The Bertz CT molecular complexity index is 885. The number of ether oxygens (including phenoxy) is 3. The standard InChI is InChI=1S/C19H23NO5S/c1-13-10-14(2)19(15(3)11-13)25-7-6-20-26(21,22)16-4-5-17-18(12-16)24-9-8-23-17/h4-5,10-12,20H,6-9H2,1-3H3. The summed E-state index contributed by atoms with van der Waals surface area (Å²) in [5.41, 5.74) is 3.25. The molecular weight excluding hydrogens is 354 g/mol. The molecule has 3 rings (SSSR count). The summed E-state index contributed by atoms with van der Waals surface area (Å²) in [4.78, 5) is 0.143. The predicted molar refractivity (Wildman–Crippen MR) is 98.8 cm³/mol. The van der Waals surface area contributed by atoms with E-state index in [1.165, 1.54) is 17.7 Å². The minimum Gasteiger partial charge on any atom is -0.492 e. The van der Waals surface area contributed by atoms with Gasteiger partial charge >= 0.3 is 0 Å². The van der Waals surface area contributed by atoms with Crippen molar-refractivity contribution in [2.45, 2.75) is 25.7 Å². The molecule has 2 aromatic carbocycles. The summed E-state index contributed by atoms with van der Waals surface area (Å²) >= 11 is 0. The van der Waals surface area contributed by atoms with Crippen molar-refractivity contribution in [3.05, 3.63) is 47.0 Å². The Morgan fingerprint density at radius 1 is 1.00 bits per heavy atom. The fourth-order valence-electron chi connectivity index (χ4n) is 3.00. The van der Waals surface area contributed by atoms with E-state index in [1.807, 2.05) is 32.9 Å². The Morgan fingerprint density at radius 3 is 2.35 bits per heavy atom. The SMILES string of the molecule is Cc1cc(C)c(OCCNS(=O)(=O)c2ccc3c(c2)OCCO3)c(C)c1.